The molecule has 0 aliphatic heterocycles. The smallest absolute Gasteiger partial charge is 0.320 e. The SMILES string of the molecule is CC1(C)C2CC=C(CCOC(=O)CCl)C1C2. The Kier molecular flexibility index (Phi) is 3.29. The van der Waals surface area contributed by atoms with Gasteiger partial charge in [0.25, 0.3) is 0 Å². The van der Waals surface area contributed by atoms with Gasteiger partial charge in [0.15, 0.2) is 0 Å². The van der Waals surface area contributed by atoms with Crippen LogP contribution in [-0.2, 0) is 9.53 Å². The number of hydrogen-bond donors (Lipinski definition) is 0. The molecular weight excluding hydrogens is 224 g/mol. The minimum atomic E-state index is -0.316. The Morgan fingerprint density at radius 2 is 2.38 bits per heavy atom. The fourth-order valence-corrected chi connectivity index (χ4v) is 3.16. The molecule has 90 valence electrons. The summed E-state index contributed by atoms with van der Waals surface area (Å²) in [5.74, 6) is 1.21. The maximum absolute atomic E-state index is 10.9. The van der Waals surface area contributed by atoms with E-state index in [1.807, 2.05) is 0 Å². The lowest BCUT2D eigenvalue weighted by Crippen LogP contribution is -2.48. The highest BCUT2D eigenvalue weighted by Gasteiger charge is 2.50. The first-order valence-electron chi connectivity index (χ1n) is 5.96. The molecule has 3 heteroatoms. The molecule has 0 amide bonds. The molecule has 3 aliphatic rings. The van der Waals surface area contributed by atoms with Gasteiger partial charge in [0, 0.05) is 6.42 Å². The molecule has 1 fully saturated rings. The number of rotatable bonds is 4. The van der Waals surface area contributed by atoms with Crippen molar-refractivity contribution in [2.24, 2.45) is 17.3 Å². The van der Waals surface area contributed by atoms with Crippen LogP contribution in [0.1, 0.15) is 33.1 Å². The first kappa shape index (κ1) is 12.0. The molecule has 0 aromatic heterocycles. The highest BCUT2D eigenvalue weighted by atomic mass is 35.5. The Morgan fingerprint density at radius 1 is 1.62 bits per heavy atom. The summed E-state index contributed by atoms with van der Waals surface area (Å²) in [6.45, 7) is 5.18. The third-order valence-corrected chi connectivity index (χ3v) is 4.56. The zero-order valence-corrected chi connectivity index (χ0v) is 10.7. The van der Waals surface area contributed by atoms with Gasteiger partial charge in [-0.1, -0.05) is 25.5 Å². The van der Waals surface area contributed by atoms with Crippen molar-refractivity contribution in [2.45, 2.75) is 33.1 Å². The largest absolute Gasteiger partial charge is 0.464 e. The van der Waals surface area contributed by atoms with E-state index in [2.05, 4.69) is 19.9 Å². The van der Waals surface area contributed by atoms with Crippen LogP contribution in [0.3, 0.4) is 0 Å². The number of alkyl halides is 1. The van der Waals surface area contributed by atoms with E-state index < -0.39 is 0 Å². The quantitative estimate of drug-likeness (QED) is 0.430. The number of esters is 1. The van der Waals surface area contributed by atoms with E-state index in [4.69, 9.17) is 16.3 Å². The maximum Gasteiger partial charge on any atom is 0.320 e. The summed E-state index contributed by atoms with van der Waals surface area (Å²) in [5, 5.41) is 0. The Bertz CT molecular complexity index is 320. The van der Waals surface area contributed by atoms with Crippen LogP contribution >= 0.6 is 11.6 Å². The number of fused-ring (bicyclic) bond motifs is 1. The van der Waals surface area contributed by atoms with Gasteiger partial charge in [-0.05, 0) is 30.1 Å². The van der Waals surface area contributed by atoms with Crippen molar-refractivity contribution in [3.63, 3.8) is 0 Å². The van der Waals surface area contributed by atoms with Crippen LogP contribution in [0.25, 0.3) is 0 Å². The second-order valence-electron chi connectivity index (χ2n) is 5.43. The van der Waals surface area contributed by atoms with Crippen LogP contribution in [0.2, 0.25) is 0 Å². The van der Waals surface area contributed by atoms with Crippen LogP contribution in [-0.4, -0.2) is 18.5 Å². The van der Waals surface area contributed by atoms with E-state index in [-0.39, 0.29) is 11.8 Å². The molecular formula is C13H19ClO2. The molecule has 0 aromatic rings. The van der Waals surface area contributed by atoms with E-state index in [0.717, 1.165) is 12.3 Å². The third kappa shape index (κ3) is 2.00. The number of allylic oxidation sites excluding steroid dienone is 1. The number of hydrogen-bond acceptors (Lipinski definition) is 2. The molecule has 2 atom stereocenters. The monoisotopic (exact) mass is 242 g/mol. The van der Waals surface area contributed by atoms with Crippen molar-refractivity contribution in [3.8, 4) is 0 Å². The molecule has 0 radical (unpaired) electrons. The molecule has 1 saturated carbocycles. The van der Waals surface area contributed by atoms with Gasteiger partial charge in [0.05, 0.1) is 6.61 Å². The van der Waals surface area contributed by atoms with Crippen LogP contribution in [0, 0.1) is 17.3 Å². The minimum absolute atomic E-state index is 0.0456. The lowest BCUT2D eigenvalue weighted by molar-refractivity contribution is -0.140. The summed E-state index contributed by atoms with van der Waals surface area (Å²) in [6, 6.07) is 0. The summed E-state index contributed by atoms with van der Waals surface area (Å²) in [7, 11) is 0. The molecule has 0 spiro atoms. The predicted octanol–water partition coefficient (Wildman–Crippen LogP) is 3.15. The standard InChI is InChI=1S/C13H19ClO2/c1-13(2)10-4-3-9(11(13)7-10)5-6-16-12(15)8-14/h3,10-11H,4-8H2,1-2H3. The average molecular weight is 243 g/mol. The molecule has 0 aromatic carbocycles. The van der Waals surface area contributed by atoms with Crippen molar-refractivity contribution in [3.05, 3.63) is 11.6 Å². The molecule has 3 rings (SSSR count). The van der Waals surface area contributed by atoms with Crippen LogP contribution in [0.5, 0.6) is 0 Å². The zero-order valence-electron chi connectivity index (χ0n) is 9.96. The van der Waals surface area contributed by atoms with Crippen LogP contribution in [0.15, 0.2) is 11.6 Å². The first-order chi connectivity index (χ1) is 7.55. The fourth-order valence-electron chi connectivity index (χ4n) is 3.08. The molecule has 2 nitrogen and oxygen atoms in total. The molecule has 2 bridgehead atoms. The summed E-state index contributed by atoms with van der Waals surface area (Å²) < 4.78 is 5.02. The Hall–Kier alpha value is -0.500. The number of halogens is 1. The Labute approximate surface area is 102 Å². The van der Waals surface area contributed by atoms with E-state index in [1.54, 1.807) is 0 Å². The topological polar surface area (TPSA) is 26.3 Å². The van der Waals surface area contributed by atoms with Gasteiger partial charge in [-0.2, -0.15) is 0 Å². The summed E-state index contributed by atoms with van der Waals surface area (Å²) >= 11 is 5.37. The maximum atomic E-state index is 10.9. The first-order valence-corrected chi connectivity index (χ1v) is 6.49. The predicted molar refractivity (Wildman–Crippen MR) is 64.4 cm³/mol. The number of carbonyl (C=O) groups is 1. The highest BCUT2D eigenvalue weighted by Crippen LogP contribution is 2.59. The van der Waals surface area contributed by atoms with Crippen molar-refractivity contribution in [1.82, 2.24) is 0 Å². The summed E-state index contributed by atoms with van der Waals surface area (Å²) in [4.78, 5) is 10.9. The molecule has 3 aliphatic carbocycles. The number of ether oxygens (including phenoxy) is 1. The van der Waals surface area contributed by atoms with Crippen molar-refractivity contribution in [2.75, 3.05) is 12.5 Å². The van der Waals surface area contributed by atoms with E-state index in [0.29, 0.717) is 17.9 Å². The number of carbonyl (C=O) groups excluding carboxylic acids is 1. The van der Waals surface area contributed by atoms with E-state index in [1.165, 1.54) is 18.4 Å². The molecule has 2 unspecified atom stereocenters. The lowest BCUT2D eigenvalue weighted by Gasteiger charge is -2.56. The normalized spacial score (nSPS) is 30.3. The third-order valence-electron chi connectivity index (χ3n) is 4.35. The van der Waals surface area contributed by atoms with Crippen molar-refractivity contribution in [1.29, 1.82) is 0 Å². The second kappa shape index (κ2) is 4.40. The average Bonchev–Trinajstić information content (AvgIpc) is 2.28. The molecule has 16 heavy (non-hydrogen) atoms. The van der Waals surface area contributed by atoms with Gasteiger partial charge in [-0.25, -0.2) is 0 Å². The summed E-state index contributed by atoms with van der Waals surface area (Å²) in [6.07, 6.45) is 5.74. The van der Waals surface area contributed by atoms with Gasteiger partial charge in [0.2, 0.25) is 0 Å². The molecule has 0 saturated heterocycles. The van der Waals surface area contributed by atoms with E-state index >= 15 is 0 Å². The van der Waals surface area contributed by atoms with Gasteiger partial charge < -0.3 is 4.74 Å². The zero-order chi connectivity index (χ0) is 11.8. The lowest BCUT2D eigenvalue weighted by atomic mass is 9.48. The van der Waals surface area contributed by atoms with E-state index in [9.17, 15) is 4.79 Å². The van der Waals surface area contributed by atoms with Gasteiger partial charge in [-0.15, -0.1) is 11.6 Å². The molecule has 0 N–H and O–H groups in total. The van der Waals surface area contributed by atoms with Gasteiger partial charge >= 0.3 is 5.97 Å². The highest BCUT2D eigenvalue weighted by molar-refractivity contribution is 6.26. The summed E-state index contributed by atoms with van der Waals surface area (Å²) in [5.41, 5.74) is 1.94. The van der Waals surface area contributed by atoms with Gasteiger partial charge in [-0.3, -0.25) is 4.79 Å². The Balaban J connectivity index is 1.83. The van der Waals surface area contributed by atoms with Crippen molar-refractivity contribution < 1.29 is 9.53 Å². The minimum Gasteiger partial charge on any atom is -0.464 e. The van der Waals surface area contributed by atoms with Crippen LogP contribution in [0.4, 0.5) is 0 Å². The van der Waals surface area contributed by atoms with Crippen molar-refractivity contribution >= 4 is 17.6 Å². The van der Waals surface area contributed by atoms with Gasteiger partial charge in [0.1, 0.15) is 5.88 Å². The fraction of sp³-hybridized carbons (Fsp3) is 0.769. The van der Waals surface area contributed by atoms with Crippen LogP contribution < -0.4 is 0 Å². The second-order valence-corrected chi connectivity index (χ2v) is 5.69. The Morgan fingerprint density at radius 3 is 2.94 bits per heavy atom. The molecule has 0 heterocycles.